The van der Waals surface area contributed by atoms with Crippen LogP contribution in [0.2, 0.25) is 0 Å². The number of rotatable bonds is 4. The van der Waals surface area contributed by atoms with E-state index in [0.29, 0.717) is 0 Å². The van der Waals surface area contributed by atoms with E-state index in [1.807, 2.05) is 36.1 Å². The molecule has 7 heteroatoms. The predicted molar refractivity (Wildman–Crippen MR) is 112 cm³/mol. The van der Waals surface area contributed by atoms with Gasteiger partial charge in [0.2, 0.25) is 0 Å². The van der Waals surface area contributed by atoms with Crippen LogP contribution in [0.4, 0.5) is 10.2 Å². The monoisotopic (exact) mass is 401 g/mol. The van der Waals surface area contributed by atoms with Gasteiger partial charge in [-0.25, -0.2) is 9.37 Å². The molecule has 1 fully saturated rings. The maximum atomic E-state index is 13.3. The van der Waals surface area contributed by atoms with E-state index in [1.165, 1.54) is 17.7 Å². The van der Waals surface area contributed by atoms with Gasteiger partial charge >= 0.3 is 0 Å². The van der Waals surface area contributed by atoms with Gasteiger partial charge < -0.3 is 4.90 Å². The van der Waals surface area contributed by atoms with Gasteiger partial charge in [-0.3, -0.25) is 9.58 Å². The summed E-state index contributed by atoms with van der Waals surface area (Å²) < 4.78 is 15.2. The van der Waals surface area contributed by atoms with Gasteiger partial charge in [0.15, 0.2) is 0 Å². The van der Waals surface area contributed by atoms with E-state index in [4.69, 9.17) is 0 Å². The summed E-state index contributed by atoms with van der Waals surface area (Å²) in [6, 6.07) is 10.6. The van der Waals surface area contributed by atoms with Crippen molar-refractivity contribution in [3.05, 3.63) is 65.9 Å². The van der Waals surface area contributed by atoms with Crippen LogP contribution in [0.25, 0.3) is 11.1 Å². The van der Waals surface area contributed by atoms with Crippen LogP contribution in [0.15, 0.2) is 48.8 Å². The highest BCUT2D eigenvalue weighted by Gasteiger charge is 2.21. The van der Waals surface area contributed by atoms with Gasteiger partial charge in [-0.15, -0.1) is 12.4 Å². The Morgan fingerprint density at radius 2 is 1.75 bits per heavy atom. The lowest BCUT2D eigenvalue weighted by Gasteiger charge is -2.36. The van der Waals surface area contributed by atoms with Gasteiger partial charge in [-0.1, -0.05) is 12.1 Å². The van der Waals surface area contributed by atoms with Crippen LogP contribution in [-0.4, -0.2) is 45.8 Å². The van der Waals surface area contributed by atoms with E-state index in [0.717, 1.165) is 55.4 Å². The SMILES string of the molecule is Cc1nn(C)cc1CN1CCN(c2ncccc2-c2ccc(F)cc2)CC1.Cl. The molecule has 0 saturated carbocycles. The number of piperazine rings is 1. The average molecular weight is 402 g/mol. The number of hydrogen-bond acceptors (Lipinski definition) is 4. The number of aryl methyl sites for hydroxylation is 2. The van der Waals surface area contributed by atoms with Crippen LogP contribution in [0.3, 0.4) is 0 Å². The lowest BCUT2D eigenvalue weighted by atomic mass is 10.1. The summed E-state index contributed by atoms with van der Waals surface area (Å²) in [5, 5.41) is 4.43. The third-order valence-corrected chi connectivity index (χ3v) is 5.12. The first-order valence-corrected chi connectivity index (χ1v) is 9.27. The number of benzene rings is 1. The zero-order valence-electron chi connectivity index (χ0n) is 16.2. The van der Waals surface area contributed by atoms with Crippen LogP contribution in [0.1, 0.15) is 11.3 Å². The van der Waals surface area contributed by atoms with E-state index in [2.05, 4.69) is 39.1 Å². The van der Waals surface area contributed by atoms with Crippen molar-refractivity contribution in [2.45, 2.75) is 13.5 Å². The quantitative estimate of drug-likeness (QED) is 0.668. The van der Waals surface area contributed by atoms with E-state index < -0.39 is 0 Å². The second-order valence-corrected chi connectivity index (χ2v) is 7.06. The first-order valence-electron chi connectivity index (χ1n) is 9.27. The molecule has 0 aliphatic carbocycles. The van der Waals surface area contributed by atoms with E-state index in [1.54, 1.807) is 0 Å². The van der Waals surface area contributed by atoms with E-state index >= 15 is 0 Å². The molecular formula is C21H25ClFN5. The molecule has 0 spiro atoms. The van der Waals surface area contributed by atoms with E-state index in [-0.39, 0.29) is 18.2 Å². The minimum atomic E-state index is -0.219. The van der Waals surface area contributed by atoms with Crippen molar-refractivity contribution in [3.63, 3.8) is 0 Å². The number of anilines is 1. The van der Waals surface area contributed by atoms with Crippen LogP contribution in [0, 0.1) is 12.7 Å². The molecule has 1 aliphatic heterocycles. The van der Waals surface area contributed by atoms with Crippen molar-refractivity contribution >= 4 is 18.2 Å². The average Bonchev–Trinajstić information content (AvgIpc) is 3.00. The van der Waals surface area contributed by atoms with Crippen molar-refractivity contribution in [2.75, 3.05) is 31.1 Å². The largest absolute Gasteiger partial charge is 0.354 e. The van der Waals surface area contributed by atoms with Gasteiger partial charge in [0, 0.05) is 63.3 Å². The van der Waals surface area contributed by atoms with Crippen LogP contribution in [0.5, 0.6) is 0 Å². The van der Waals surface area contributed by atoms with Crippen molar-refractivity contribution in [3.8, 4) is 11.1 Å². The van der Waals surface area contributed by atoms with Crippen molar-refractivity contribution in [1.29, 1.82) is 0 Å². The summed E-state index contributed by atoms with van der Waals surface area (Å²) in [6.07, 6.45) is 3.93. The molecule has 0 amide bonds. The van der Waals surface area contributed by atoms with Crippen molar-refractivity contribution in [2.24, 2.45) is 7.05 Å². The molecule has 0 bridgehead atoms. The summed E-state index contributed by atoms with van der Waals surface area (Å²) >= 11 is 0. The molecule has 148 valence electrons. The lowest BCUT2D eigenvalue weighted by Crippen LogP contribution is -2.46. The van der Waals surface area contributed by atoms with Gasteiger partial charge in [0.05, 0.1) is 5.69 Å². The lowest BCUT2D eigenvalue weighted by molar-refractivity contribution is 0.249. The number of pyridine rings is 1. The third kappa shape index (κ3) is 4.34. The first kappa shape index (κ1) is 20.3. The number of halogens is 2. The number of nitrogens with zero attached hydrogens (tertiary/aromatic N) is 5. The maximum absolute atomic E-state index is 13.3. The molecule has 0 N–H and O–H groups in total. The topological polar surface area (TPSA) is 37.2 Å². The minimum absolute atomic E-state index is 0. The summed E-state index contributed by atoms with van der Waals surface area (Å²) in [4.78, 5) is 9.41. The molecule has 0 radical (unpaired) electrons. The molecule has 1 aliphatic rings. The molecule has 2 aromatic heterocycles. The standard InChI is InChI=1S/C21H24FN5.ClH/c1-16-18(14-25(2)24-16)15-26-10-12-27(13-11-26)21-20(4-3-9-23-21)17-5-7-19(22)8-6-17;/h3-9,14H,10-13,15H2,1-2H3;1H. The Labute approximate surface area is 171 Å². The summed E-state index contributed by atoms with van der Waals surface area (Å²) in [6.45, 7) is 6.80. The van der Waals surface area contributed by atoms with Gasteiger partial charge in [-0.2, -0.15) is 5.10 Å². The second kappa shape index (κ2) is 8.71. The molecular weight excluding hydrogens is 377 g/mol. The van der Waals surface area contributed by atoms with Gasteiger partial charge in [0.25, 0.3) is 0 Å². The first-order chi connectivity index (χ1) is 13.1. The Morgan fingerprint density at radius 3 is 2.39 bits per heavy atom. The zero-order chi connectivity index (χ0) is 18.8. The summed E-state index contributed by atoms with van der Waals surface area (Å²) in [5.74, 6) is 0.754. The van der Waals surface area contributed by atoms with Crippen molar-refractivity contribution in [1.82, 2.24) is 19.7 Å². The highest BCUT2D eigenvalue weighted by molar-refractivity contribution is 5.85. The normalized spacial score (nSPS) is 14.8. The molecule has 28 heavy (non-hydrogen) atoms. The summed E-state index contributed by atoms with van der Waals surface area (Å²) in [7, 11) is 1.96. The fourth-order valence-electron chi connectivity index (χ4n) is 3.67. The Bertz CT molecular complexity index is 917. The highest BCUT2D eigenvalue weighted by atomic mass is 35.5. The Balaban J connectivity index is 0.00000225. The molecule has 1 saturated heterocycles. The smallest absolute Gasteiger partial charge is 0.136 e. The summed E-state index contributed by atoms with van der Waals surface area (Å²) in [5.41, 5.74) is 4.43. The molecule has 3 aromatic rings. The molecule has 0 unspecified atom stereocenters. The number of hydrogen-bond donors (Lipinski definition) is 0. The fraction of sp³-hybridized carbons (Fsp3) is 0.333. The Kier molecular flexibility index (Phi) is 6.31. The zero-order valence-corrected chi connectivity index (χ0v) is 17.0. The van der Waals surface area contributed by atoms with Gasteiger partial charge in [0.1, 0.15) is 11.6 Å². The fourth-order valence-corrected chi connectivity index (χ4v) is 3.67. The predicted octanol–water partition coefficient (Wildman–Crippen LogP) is 3.67. The third-order valence-electron chi connectivity index (χ3n) is 5.12. The van der Waals surface area contributed by atoms with Gasteiger partial charge in [-0.05, 0) is 36.8 Å². The second-order valence-electron chi connectivity index (χ2n) is 7.06. The molecule has 1 aromatic carbocycles. The molecule has 4 rings (SSSR count). The number of aromatic nitrogens is 3. The highest BCUT2D eigenvalue weighted by Crippen LogP contribution is 2.29. The van der Waals surface area contributed by atoms with E-state index in [9.17, 15) is 4.39 Å². The maximum Gasteiger partial charge on any atom is 0.136 e. The Morgan fingerprint density at radius 1 is 1.04 bits per heavy atom. The molecule has 5 nitrogen and oxygen atoms in total. The molecule has 3 heterocycles. The van der Waals surface area contributed by atoms with Crippen LogP contribution in [-0.2, 0) is 13.6 Å². The van der Waals surface area contributed by atoms with Crippen LogP contribution < -0.4 is 4.90 Å². The Hall–Kier alpha value is -2.44. The minimum Gasteiger partial charge on any atom is -0.354 e. The molecule has 0 atom stereocenters. The van der Waals surface area contributed by atoms with Crippen LogP contribution >= 0.6 is 12.4 Å². The van der Waals surface area contributed by atoms with Crippen molar-refractivity contribution < 1.29 is 4.39 Å².